The molecular formula is C21H18Cl2N4O. The minimum Gasteiger partial charge on any atom is -0.294 e. The van der Waals surface area contributed by atoms with Gasteiger partial charge >= 0.3 is 0 Å². The fourth-order valence-corrected chi connectivity index (χ4v) is 5.78. The molecule has 2 heterocycles. The highest BCUT2D eigenvalue weighted by Gasteiger charge is 2.69. The first-order valence-electron chi connectivity index (χ1n) is 9.35. The first kappa shape index (κ1) is 18.0. The summed E-state index contributed by atoms with van der Waals surface area (Å²) in [7, 11) is 0. The largest absolute Gasteiger partial charge is 0.294 e. The van der Waals surface area contributed by atoms with Gasteiger partial charge in [0, 0.05) is 0 Å². The van der Waals surface area contributed by atoms with Crippen molar-refractivity contribution in [2.45, 2.75) is 46.8 Å². The van der Waals surface area contributed by atoms with Crippen molar-refractivity contribution in [3.63, 3.8) is 0 Å². The van der Waals surface area contributed by atoms with Crippen LogP contribution in [-0.2, 0) is 4.79 Å². The summed E-state index contributed by atoms with van der Waals surface area (Å²) in [4.78, 5) is 14.0. The Labute approximate surface area is 172 Å². The number of Topliss-reactive ketones (excluding diaryl/α,β-unsaturated/α-hetero) is 1. The maximum absolute atomic E-state index is 14.0. The number of benzene rings is 2. The summed E-state index contributed by atoms with van der Waals surface area (Å²) in [5.74, 6) is -0.701. The number of hydrogen-bond donors (Lipinski definition) is 0. The minimum atomic E-state index is -1.01. The molecule has 2 spiro atoms. The van der Waals surface area contributed by atoms with Gasteiger partial charge in [-0.1, -0.05) is 83.9 Å². The molecule has 6 unspecified atom stereocenters. The predicted octanol–water partition coefficient (Wildman–Crippen LogP) is 5.46. The maximum atomic E-state index is 14.0. The van der Waals surface area contributed by atoms with Crippen LogP contribution in [0.2, 0.25) is 0 Å². The van der Waals surface area contributed by atoms with E-state index in [0.717, 1.165) is 11.1 Å². The number of carbonyl (C=O) groups is 1. The number of hydrogen-bond acceptors (Lipinski definition) is 5. The predicted molar refractivity (Wildman–Crippen MR) is 107 cm³/mol. The van der Waals surface area contributed by atoms with Crippen LogP contribution < -0.4 is 0 Å². The second-order valence-corrected chi connectivity index (χ2v) is 8.52. The molecule has 6 atom stereocenters. The first-order chi connectivity index (χ1) is 13.6. The Bertz CT molecular complexity index is 889. The third-order valence-electron chi connectivity index (χ3n) is 6.26. The van der Waals surface area contributed by atoms with Crippen LogP contribution in [0.3, 0.4) is 0 Å². The molecule has 3 aliphatic rings. The standard InChI is InChI=1S/C21H18Cl2N4O/c22-17-15(13-7-3-1-4-8-13)20(26-24-17)11-12-21(19(20)28)16(18(23)25-27-21)14-9-5-2-6-10-14/h1-10,15-18H,11-12H2. The molecule has 2 aromatic carbocycles. The van der Waals surface area contributed by atoms with Crippen molar-refractivity contribution in [1.29, 1.82) is 0 Å². The number of rotatable bonds is 2. The Kier molecular flexibility index (Phi) is 4.14. The molecule has 5 rings (SSSR count). The molecule has 2 aliphatic heterocycles. The van der Waals surface area contributed by atoms with Gasteiger partial charge in [-0.25, -0.2) is 0 Å². The van der Waals surface area contributed by atoms with Gasteiger partial charge < -0.3 is 0 Å². The summed E-state index contributed by atoms with van der Waals surface area (Å²) < 4.78 is 0. The molecule has 0 amide bonds. The van der Waals surface area contributed by atoms with E-state index in [4.69, 9.17) is 23.2 Å². The number of ketones is 1. The zero-order valence-corrected chi connectivity index (χ0v) is 16.5. The van der Waals surface area contributed by atoms with Gasteiger partial charge in [-0.05, 0) is 24.0 Å². The summed E-state index contributed by atoms with van der Waals surface area (Å²) in [6, 6.07) is 19.6. The highest BCUT2D eigenvalue weighted by atomic mass is 35.5. The van der Waals surface area contributed by atoms with E-state index < -0.39 is 22.1 Å². The van der Waals surface area contributed by atoms with E-state index in [1.54, 1.807) is 0 Å². The van der Waals surface area contributed by atoms with Crippen molar-refractivity contribution < 1.29 is 4.79 Å². The van der Waals surface area contributed by atoms with Crippen LogP contribution >= 0.6 is 23.2 Å². The molecule has 28 heavy (non-hydrogen) atoms. The van der Waals surface area contributed by atoms with Crippen LogP contribution in [0.1, 0.15) is 35.8 Å². The van der Waals surface area contributed by atoms with Crippen LogP contribution in [0, 0.1) is 0 Å². The van der Waals surface area contributed by atoms with Crippen LogP contribution in [-0.4, -0.2) is 27.9 Å². The normalized spacial score (nSPS) is 38.9. The Morgan fingerprint density at radius 2 is 1.11 bits per heavy atom. The lowest BCUT2D eigenvalue weighted by Gasteiger charge is -2.31. The van der Waals surface area contributed by atoms with Crippen LogP contribution in [0.15, 0.2) is 81.1 Å². The zero-order chi connectivity index (χ0) is 19.4. The summed E-state index contributed by atoms with van der Waals surface area (Å²) in [6.45, 7) is 0. The van der Waals surface area contributed by atoms with Gasteiger partial charge in [0.05, 0.1) is 11.8 Å². The van der Waals surface area contributed by atoms with E-state index >= 15 is 0 Å². The van der Waals surface area contributed by atoms with Crippen molar-refractivity contribution >= 4 is 29.0 Å². The third kappa shape index (κ3) is 2.36. The average Bonchev–Trinajstić information content (AvgIpc) is 3.34. The van der Waals surface area contributed by atoms with Crippen molar-refractivity contribution in [2.24, 2.45) is 20.5 Å². The van der Waals surface area contributed by atoms with Crippen molar-refractivity contribution in [2.75, 3.05) is 0 Å². The zero-order valence-electron chi connectivity index (χ0n) is 15.0. The molecule has 142 valence electrons. The van der Waals surface area contributed by atoms with E-state index in [0.29, 0.717) is 12.8 Å². The van der Waals surface area contributed by atoms with Gasteiger partial charge in [0.25, 0.3) is 0 Å². The minimum absolute atomic E-state index is 0.0680. The Hall–Kier alpha value is -2.11. The third-order valence-corrected chi connectivity index (χ3v) is 6.94. The smallest absolute Gasteiger partial charge is 0.193 e. The van der Waals surface area contributed by atoms with Gasteiger partial charge in [0.2, 0.25) is 0 Å². The maximum Gasteiger partial charge on any atom is 0.193 e. The fourth-order valence-electron chi connectivity index (χ4n) is 4.99. The van der Waals surface area contributed by atoms with E-state index in [-0.39, 0.29) is 17.6 Å². The lowest BCUT2D eigenvalue weighted by molar-refractivity contribution is -0.126. The Morgan fingerprint density at radius 1 is 0.714 bits per heavy atom. The van der Waals surface area contributed by atoms with E-state index in [2.05, 4.69) is 20.5 Å². The number of alkyl halides is 2. The summed E-state index contributed by atoms with van der Waals surface area (Å²) in [6.07, 6.45) is 1.06. The topological polar surface area (TPSA) is 66.5 Å². The van der Waals surface area contributed by atoms with Crippen LogP contribution in [0.25, 0.3) is 0 Å². The number of nitrogens with zero attached hydrogens (tertiary/aromatic N) is 4. The molecule has 0 radical (unpaired) electrons. The summed E-state index contributed by atoms with van der Waals surface area (Å²) in [5, 5.41) is 17.3. The van der Waals surface area contributed by atoms with Gasteiger partial charge in [0.1, 0.15) is 0 Å². The first-order valence-corrected chi connectivity index (χ1v) is 10.2. The van der Waals surface area contributed by atoms with Crippen molar-refractivity contribution in [3.05, 3.63) is 71.8 Å². The number of carbonyl (C=O) groups excluding carboxylic acids is 1. The molecule has 0 bridgehead atoms. The Balaban J connectivity index is 1.60. The highest BCUT2D eigenvalue weighted by Crippen LogP contribution is 2.59. The Morgan fingerprint density at radius 3 is 1.50 bits per heavy atom. The number of halogens is 2. The molecule has 5 nitrogen and oxygen atoms in total. The van der Waals surface area contributed by atoms with Crippen LogP contribution in [0.5, 0.6) is 0 Å². The average molecular weight is 413 g/mol. The van der Waals surface area contributed by atoms with Crippen molar-refractivity contribution in [3.8, 4) is 0 Å². The molecule has 0 N–H and O–H groups in total. The second kappa shape index (κ2) is 6.46. The summed E-state index contributed by atoms with van der Waals surface area (Å²) in [5.41, 5.74) is -1.26. The molecule has 2 aromatic rings. The molecule has 1 aliphatic carbocycles. The monoisotopic (exact) mass is 412 g/mol. The lowest BCUT2D eigenvalue weighted by Crippen LogP contribution is -2.48. The van der Waals surface area contributed by atoms with E-state index in [1.165, 1.54) is 0 Å². The molecular weight excluding hydrogens is 395 g/mol. The molecule has 0 saturated heterocycles. The SMILES string of the molecule is O=C1C2(CCC13N=NC(Cl)C3c1ccccc1)N=NC(Cl)C2c1ccccc1. The van der Waals surface area contributed by atoms with Crippen LogP contribution in [0.4, 0.5) is 0 Å². The van der Waals surface area contributed by atoms with Gasteiger partial charge in [-0.3, -0.25) is 4.79 Å². The number of azo groups is 2. The molecule has 1 saturated carbocycles. The van der Waals surface area contributed by atoms with E-state index in [9.17, 15) is 4.79 Å². The molecule has 7 heteroatoms. The molecule has 1 fully saturated rings. The quantitative estimate of drug-likeness (QED) is 0.477. The second-order valence-electron chi connectivity index (χ2n) is 7.63. The fraction of sp³-hybridized carbons (Fsp3) is 0.381. The molecule has 0 aromatic heterocycles. The van der Waals surface area contributed by atoms with Crippen molar-refractivity contribution in [1.82, 2.24) is 0 Å². The van der Waals surface area contributed by atoms with E-state index in [1.807, 2.05) is 60.7 Å². The summed E-state index contributed by atoms with van der Waals surface area (Å²) >= 11 is 13.1. The van der Waals surface area contributed by atoms with Gasteiger partial charge in [-0.2, -0.15) is 20.5 Å². The van der Waals surface area contributed by atoms with Gasteiger partial charge in [-0.15, -0.1) is 0 Å². The lowest BCUT2D eigenvalue weighted by atomic mass is 9.73. The highest BCUT2D eigenvalue weighted by molar-refractivity contribution is 6.23. The van der Waals surface area contributed by atoms with Gasteiger partial charge in [0.15, 0.2) is 27.9 Å².